The van der Waals surface area contributed by atoms with Crippen LogP contribution in [-0.4, -0.2) is 20.7 Å². The first kappa shape index (κ1) is 38.5. The molecule has 13 aromatic rings. The third kappa shape index (κ3) is 5.95. The van der Waals surface area contributed by atoms with Crippen molar-refractivity contribution >= 4 is 104 Å². The van der Waals surface area contributed by atoms with Gasteiger partial charge in [0.2, 0.25) is 0 Å². The number of aromatic nitrogens is 2. The summed E-state index contributed by atoms with van der Waals surface area (Å²) >= 11 is 0. The minimum absolute atomic E-state index is 0.655. The lowest BCUT2D eigenvalue weighted by molar-refractivity contribution is 0.666. The van der Waals surface area contributed by atoms with E-state index in [9.17, 15) is 0 Å². The molecule has 0 N–H and O–H groups in total. The van der Waals surface area contributed by atoms with Crippen molar-refractivity contribution in [3.8, 4) is 11.4 Å². The molecular weight excluding hydrogens is 829 g/mol. The summed E-state index contributed by atoms with van der Waals surface area (Å²) in [6.07, 6.45) is 1.56. The van der Waals surface area contributed by atoms with Crippen LogP contribution >= 0.6 is 0 Å². The summed E-state index contributed by atoms with van der Waals surface area (Å²) in [5.41, 5.74) is 14.5. The highest BCUT2D eigenvalue weighted by atomic mass is 16.3. The Morgan fingerprint density at radius 3 is 1.85 bits per heavy atom. The summed E-state index contributed by atoms with van der Waals surface area (Å²) in [6.45, 7) is 2.24. The van der Waals surface area contributed by atoms with Crippen molar-refractivity contribution in [2.75, 3.05) is 0 Å². The first-order valence-electron chi connectivity index (χ1n) is 23.4. The number of nitrogens with zero attached hydrogens (tertiary/aromatic N) is 4. The average Bonchev–Trinajstić information content (AvgIpc) is 4.05. The van der Waals surface area contributed by atoms with E-state index in [0.29, 0.717) is 5.84 Å². The topological polar surface area (TPSA) is 47.7 Å². The van der Waals surface area contributed by atoms with Crippen molar-refractivity contribution in [2.24, 2.45) is 9.98 Å². The van der Waals surface area contributed by atoms with Crippen LogP contribution in [0, 0.1) is 0 Å². The lowest BCUT2D eigenvalue weighted by Gasteiger charge is -2.18. The SMILES string of the molecule is C/C1=C(/c2ccc3c4ccccc4n(-c4ccccc4)c3c2)N=C(c2ccc(-n3c4ccccc4c4cc5ccccc5cc43)c3oc4ccccc4c23)N=C(c2ccc3ccccc3c2)CC1. The number of amidine groups is 1. The van der Waals surface area contributed by atoms with Gasteiger partial charge >= 0.3 is 0 Å². The number of hydrogen-bond acceptors (Lipinski definition) is 3. The van der Waals surface area contributed by atoms with Gasteiger partial charge in [0, 0.05) is 49.1 Å². The van der Waals surface area contributed by atoms with Crippen molar-refractivity contribution in [1.29, 1.82) is 0 Å². The summed E-state index contributed by atoms with van der Waals surface area (Å²) in [5, 5.41) is 11.6. The monoisotopic (exact) mass is 870 g/mol. The quantitative estimate of drug-likeness (QED) is 0.170. The van der Waals surface area contributed by atoms with E-state index < -0.39 is 0 Å². The number of fused-ring (bicyclic) bond motifs is 11. The number of aliphatic imine (C=N–C) groups is 2. The molecule has 0 aliphatic carbocycles. The van der Waals surface area contributed by atoms with Crippen molar-refractivity contribution in [3.05, 3.63) is 235 Å². The van der Waals surface area contributed by atoms with E-state index in [1.54, 1.807) is 0 Å². The zero-order valence-electron chi connectivity index (χ0n) is 37.3. The highest BCUT2D eigenvalue weighted by Crippen LogP contribution is 2.42. The lowest BCUT2D eigenvalue weighted by atomic mass is 9.96. The molecule has 5 heteroatoms. The molecule has 1 aliphatic heterocycles. The van der Waals surface area contributed by atoms with Gasteiger partial charge in [-0.25, -0.2) is 9.98 Å². The van der Waals surface area contributed by atoms with Gasteiger partial charge in [-0.15, -0.1) is 0 Å². The van der Waals surface area contributed by atoms with Crippen LogP contribution in [-0.2, 0) is 0 Å². The van der Waals surface area contributed by atoms with E-state index in [1.165, 1.54) is 54.2 Å². The second kappa shape index (κ2) is 15.1. The Morgan fingerprint density at radius 2 is 1.04 bits per heavy atom. The second-order valence-electron chi connectivity index (χ2n) is 18.1. The van der Waals surface area contributed by atoms with E-state index in [1.807, 2.05) is 0 Å². The van der Waals surface area contributed by atoms with Crippen LogP contribution in [0.1, 0.15) is 36.5 Å². The van der Waals surface area contributed by atoms with Crippen molar-refractivity contribution < 1.29 is 4.42 Å². The Balaban J connectivity index is 1.04. The second-order valence-corrected chi connectivity index (χ2v) is 18.1. The molecule has 320 valence electrons. The zero-order valence-corrected chi connectivity index (χ0v) is 37.3. The van der Waals surface area contributed by atoms with Crippen LogP contribution in [0.15, 0.2) is 232 Å². The van der Waals surface area contributed by atoms with E-state index in [0.717, 1.165) is 90.8 Å². The fourth-order valence-electron chi connectivity index (χ4n) is 10.9. The van der Waals surface area contributed by atoms with Crippen LogP contribution < -0.4 is 0 Å². The van der Waals surface area contributed by atoms with Crippen molar-refractivity contribution in [3.63, 3.8) is 0 Å². The number of furan rings is 1. The zero-order chi connectivity index (χ0) is 44.9. The molecule has 0 saturated heterocycles. The van der Waals surface area contributed by atoms with Crippen LogP contribution in [0.25, 0.3) is 104 Å². The molecule has 1 aliphatic rings. The summed E-state index contributed by atoms with van der Waals surface area (Å²) in [6, 6.07) is 76.3. The van der Waals surface area contributed by atoms with E-state index in [4.69, 9.17) is 14.4 Å². The molecule has 0 amide bonds. The average molecular weight is 871 g/mol. The van der Waals surface area contributed by atoms with Gasteiger partial charge in [-0.05, 0) is 119 Å². The predicted molar refractivity (Wildman–Crippen MR) is 285 cm³/mol. The molecule has 0 bridgehead atoms. The summed E-state index contributed by atoms with van der Waals surface area (Å²) < 4.78 is 11.8. The molecule has 0 saturated carbocycles. The van der Waals surface area contributed by atoms with E-state index in [-0.39, 0.29) is 0 Å². The highest BCUT2D eigenvalue weighted by Gasteiger charge is 2.25. The van der Waals surface area contributed by atoms with Gasteiger partial charge in [0.15, 0.2) is 11.4 Å². The molecule has 5 nitrogen and oxygen atoms in total. The fourth-order valence-corrected chi connectivity index (χ4v) is 10.9. The molecule has 0 unspecified atom stereocenters. The Labute approximate surface area is 391 Å². The van der Waals surface area contributed by atoms with E-state index >= 15 is 0 Å². The maximum atomic E-state index is 7.07. The maximum absolute atomic E-state index is 7.07. The summed E-state index contributed by atoms with van der Waals surface area (Å²) in [4.78, 5) is 11.5. The Bertz CT molecular complexity index is 4330. The molecule has 3 aromatic heterocycles. The Morgan fingerprint density at radius 1 is 0.426 bits per heavy atom. The molecular formula is C63H42N4O. The van der Waals surface area contributed by atoms with E-state index in [2.05, 4.69) is 228 Å². The largest absolute Gasteiger partial charge is 0.454 e. The van der Waals surface area contributed by atoms with Crippen molar-refractivity contribution in [2.45, 2.75) is 19.8 Å². The Hall–Kier alpha value is -8.80. The first-order valence-corrected chi connectivity index (χ1v) is 23.4. The van der Waals surface area contributed by atoms with Gasteiger partial charge in [-0.2, -0.15) is 0 Å². The van der Waals surface area contributed by atoms with Crippen LogP contribution in [0.4, 0.5) is 0 Å². The molecule has 68 heavy (non-hydrogen) atoms. The molecule has 0 atom stereocenters. The number of para-hydroxylation sites is 4. The predicted octanol–water partition coefficient (Wildman–Crippen LogP) is 16.5. The number of hydrogen-bond donors (Lipinski definition) is 0. The number of rotatable bonds is 5. The van der Waals surface area contributed by atoms with Crippen molar-refractivity contribution in [1.82, 2.24) is 9.13 Å². The first-order chi connectivity index (χ1) is 33.6. The molecule has 0 fully saturated rings. The van der Waals surface area contributed by atoms with Gasteiger partial charge < -0.3 is 13.6 Å². The van der Waals surface area contributed by atoms with Gasteiger partial charge in [0.05, 0.1) is 39.2 Å². The molecule has 0 spiro atoms. The Kier molecular flexibility index (Phi) is 8.56. The smallest absolute Gasteiger partial charge is 0.160 e. The van der Waals surface area contributed by atoms with Gasteiger partial charge in [-0.3, -0.25) is 0 Å². The third-order valence-electron chi connectivity index (χ3n) is 14.2. The molecule has 10 aromatic carbocycles. The highest BCUT2D eigenvalue weighted by molar-refractivity contribution is 6.24. The third-order valence-corrected chi connectivity index (χ3v) is 14.2. The molecule has 14 rings (SSSR count). The van der Waals surface area contributed by atoms with Gasteiger partial charge in [-0.1, -0.05) is 146 Å². The van der Waals surface area contributed by atoms with Crippen LogP contribution in [0.2, 0.25) is 0 Å². The number of allylic oxidation sites excluding steroid dienone is 1. The molecule has 0 radical (unpaired) electrons. The molecule has 4 heterocycles. The fraction of sp³-hybridized carbons (Fsp3) is 0.0476. The van der Waals surface area contributed by atoms with Crippen LogP contribution in [0.3, 0.4) is 0 Å². The maximum Gasteiger partial charge on any atom is 0.160 e. The standard InChI is InChI=1S/C63H42N4O/c1-39-27-33-53(44-29-28-40-15-5-6-16-41(40)35-44)64-63(65-61(39)45-30-31-49-47-21-9-12-24-54(47)66(57(49)38-45)46-19-3-2-4-20-46)51-32-34-56(62-60(51)50-23-11-14-26-59(50)68-62)67-55-25-13-10-22-48(55)52-36-42-17-7-8-18-43(42)37-58(52)67/h2-26,28-32,34-38H,27,33H2,1H3/b61-39+,64-53?,65-63?. The summed E-state index contributed by atoms with van der Waals surface area (Å²) in [7, 11) is 0. The minimum atomic E-state index is 0.655. The normalized spacial score (nSPS) is 14.7. The summed E-state index contributed by atoms with van der Waals surface area (Å²) in [5.74, 6) is 0.655. The van der Waals surface area contributed by atoms with Crippen LogP contribution in [0.5, 0.6) is 0 Å². The lowest BCUT2D eigenvalue weighted by Crippen LogP contribution is -2.11. The van der Waals surface area contributed by atoms with Gasteiger partial charge in [0.25, 0.3) is 0 Å². The minimum Gasteiger partial charge on any atom is -0.454 e. The van der Waals surface area contributed by atoms with Gasteiger partial charge in [0.1, 0.15) is 5.58 Å². The number of benzene rings is 10.